The zero-order chi connectivity index (χ0) is 18.9. The van der Waals surface area contributed by atoms with Gasteiger partial charge in [0.1, 0.15) is 5.41 Å². The van der Waals surface area contributed by atoms with E-state index in [2.05, 4.69) is 0 Å². The van der Waals surface area contributed by atoms with Gasteiger partial charge in [-0.2, -0.15) is 0 Å². The van der Waals surface area contributed by atoms with E-state index in [4.69, 9.17) is 4.74 Å². The van der Waals surface area contributed by atoms with Gasteiger partial charge in [0.25, 0.3) is 0 Å². The fourth-order valence-corrected chi connectivity index (χ4v) is 6.16. The second kappa shape index (κ2) is 6.85. The Bertz CT molecular complexity index is 890. The molecule has 2 aromatic rings. The zero-order valence-electron chi connectivity index (χ0n) is 14.8. The topological polar surface area (TPSA) is 80.7 Å². The van der Waals surface area contributed by atoms with E-state index < -0.39 is 32.4 Å². The summed E-state index contributed by atoms with van der Waals surface area (Å²) in [5.74, 6) is -1.79. The van der Waals surface area contributed by atoms with Gasteiger partial charge in [0.15, 0.2) is 9.84 Å². The molecule has 2 aromatic carbocycles. The van der Waals surface area contributed by atoms with Gasteiger partial charge in [-0.3, -0.25) is 4.79 Å². The normalized spacial score (nSPS) is 25.0. The highest BCUT2D eigenvalue weighted by atomic mass is 32.2. The van der Waals surface area contributed by atoms with Gasteiger partial charge >= 0.3 is 5.97 Å². The quantitative estimate of drug-likeness (QED) is 0.806. The molecular weight excluding hydrogens is 352 g/mol. The van der Waals surface area contributed by atoms with Gasteiger partial charge in [0, 0.05) is 13.0 Å². The summed E-state index contributed by atoms with van der Waals surface area (Å²) in [7, 11) is -2.42. The van der Waals surface area contributed by atoms with Crippen LogP contribution in [-0.2, 0) is 25.8 Å². The average molecular weight is 374 g/mol. The lowest BCUT2D eigenvalue weighted by atomic mass is 9.99. The van der Waals surface area contributed by atoms with Gasteiger partial charge in [-0.25, -0.2) is 8.42 Å². The molecule has 5 nitrogen and oxygen atoms in total. The number of rotatable bonds is 7. The van der Waals surface area contributed by atoms with E-state index in [1.54, 1.807) is 18.2 Å². The average Bonchev–Trinajstić information content (AvgIpc) is 3.34. The Balaban J connectivity index is 2.09. The summed E-state index contributed by atoms with van der Waals surface area (Å²) in [6, 6.07) is 15.5. The van der Waals surface area contributed by atoms with Crippen LogP contribution in [0.5, 0.6) is 0 Å². The molecule has 3 unspecified atom stereocenters. The van der Waals surface area contributed by atoms with Gasteiger partial charge in [0.2, 0.25) is 0 Å². The van der Waals surface area contributed by atoms with Crippen molar-refractivity contribution in [3.63, 3.8) is 0 Å². The Morgan fingerprint density at radius 3 is 2.23 bits per heavy atom. The third-order valence-corrected chi connectivity index (χ3v) is 7.48. The highest BCUT2D eigenvalue weighted by Crippen LogP contribution is 2.64. The van der Waals surface area contributed by atoms with Gasteiger partial charge < -0.3 is 9.84 Å². The Kier molecular flexibility index (Phi) is 4.90. The first-order valence-electron chi connectivity index (χ1n) is 8.49. The maximum Gasteiger partial charge on any atom is 0.314 e. The summed E-state index contributed by atoms with van der Waals surface area (Å²) in [5.41, 5.74) is 0.354. The summed E-state index contributed by atoms with van der Waals surface area (Å²) >= 11 is 0. The number of ether oxygens (including phenoxy) is 1. The molecule has 0 spiro atoms. The minimum atomic E-state index is -3.81. The largest absolute Gasteiger partial charge is 0.481 e. The van der Waals surface area contributed by atoms with E-state index in [1.165, 1.54) is 19.2 Å². The van der Waals surface area contributed by atoms with Crippen LogP contribution in [0.15, 0.2) is 59.5 Å². The van der Waals surface area contributed by atoms with Crippen LogP contribution in [0.2, 0.25) is 0 Å². The molecule has 3 rings (SSSR count). The molecule has 6 heteroatoms. The smallest absolute Gasteiger partial charge is 0.314 e. The molecule has 26 heavy (non-hydrogen) atoms. The molecule has 3 atom stereocenters. The number of aryl methyl sites for hydroxylation is 1. The summed E-state index contributed by atoms with van der Waals surface area (Å²) in [6.45, 7) is 1.88. The molecule has 1 N–H and O–H groups in total. The van der Waals surface area contributed by atoms with E-state index in [0.717, 1.165) is 12.0 Å². The van der Waals surface area contributed by atoms with E-state index in [-0.39, 0.29) is 11.5 Å². The molecule has 0 aliphatic heterocycles. The van der Waals surface area contributed by atoms with E-state index in [1.807, 2.05) is 31.2 Å². The maximum atomic E-state index is 13.2. The molecule has 0 radical (unpaired) electrons. The first kappa shape index (κ1) is 18.6. The second-order valence-electron chi connectivity index (χ2n) is 6.63. The SMILES string of the molecule is CCc1ccc(C2C(S(=O)(=O)c3ccccc3)C2(COC)C(=O)O)cc1. The van der Waals surface area contributed by atoms with Crippen molar-refractivity contribution in [2.75, 3.05) is 13.7 Å². The van der Waals surface area contributed by atoms with Gasteiger partial charge in [-0.15, -0.1) is 0 Å². The number of sulfone groups is 1. The Hall–Kier alpha value is -2.18. The minimum absolute atomic E-state index is 0.138. The summed E-state index contributed by atoms with van der Waals surface area (Å²) in [4.78, 5) is 12.3. The van der Waals surface area contributed by atoms with Crippen molar-refractivity contribution in [3.05, 3.63) is 65.7 Å². The number of carboxylic acids is 1. The van der Waals surface area contributed by atoms with Crippen LogP contribution in [0.25, 0.3) is 0 Å². The minimum Gasteiger partial charge on any atom is -0.481 e. The zero-order valence-corrected chi connectivity index (χ0v) is 15.6. The van der Waals surface area contributed by atoms with Crippen molar-refractivity contribution in [2.24, 2.45) is 5.41 Å². The van der Waals surface area contributed by atoms with Crippen LogP contribution in [0.3, 0.4) is 0 Å². The van der Waals surface area contributed by atoms with Gasteiger partial charge in [-0.1, -0.05) is 49.4 Å². The van der Waals surface area contributed by atoms with Gasteiger partial charge in [-0.05, 0) is 29.7 Å². The van der Waals surface area contributed by atoms with Crippen molar-refractivity contribution >= 4 is 15.8 Å². The molecule has 0 amide bonds. The molecule has 1 saturated carbocycles. The maximum absolute atomic E-state index is 13.2. The summed E-state index contributed by atoms with van der Waals surface area (Å²) in [6.07, 6.45) is 0.860. The van der Waals surface area contributed by atoms with Crippen LogP contribution in [0.1, 0.15) is 24.0 Å². The number of aliphatic carboxylic acids is 1. The van der Waals surface area contributed by atoms with Gasteiger partial charge in [0.05, 0.1) is 16.8 Å². The van der Waals surface area contributed by atoms with Crippen molar-refractivity contribution in [1.82, 2.24) is 0 Å². The molecule has 138 valence electrons. The predicted octanol–water partition coefficient (Wildman–Crippen LogP) is 2.91. The summed E-state index contributed by atoms with van der Waals surface area (Å²) < 4.78 is 31.5. The molecule has 1 aliphatic rings. The Morgan fingerprint density at radius 1 is 1.12 bits per heavy atom. The first-order chi connectivity index (χ1) is 12.4. The highest BCUT2D eigenvalue weighted by molar-refractivity contribution is 7.92. The number of carbonyl (C=O) groups is 1. The molecule has 0 heterocycles. The first-order valence-corrected chi connectivity index (χ1v) is 10.0. The highest BCUT2D eigenvalue weighted by Gasteiger charge is 2.76. The van der Waals surface area contributed by atoms with E-state index >= 15 is 0 Å². The fraction of sp³-hybridized carbons (Fsp3) is 0.350. The Morgan fingerprint density at radius 2 is 1.73 bits per heavy atom. The van der Waals surface area contributed by atoms with Crippen molar-refractivity contribution in [3.8, 4) is 0 Å². The molecular formula is C20H22O5S. The van der Waals surface area contributed by atoms with Crippen LogP contribution in [0, 0.1) is 5.41 Å². The summed E-state index contributed by atoms with van der Waals surface area (Å²) in [5, 5.41) is 8.85. The Labute approximate surface area is 153 Å². The number of hydrogen-bond acceptors (Lipinski definition) is 4. The third kappa shape index (κ3) is 2.83. The number of hydrogen-bond donors (Lipinski definition) is 1. The lowest BCUT2D eigenvalue weighted by Gasteiger charge is -2.12. The van der Waals surface area contributed by atoms with E-state index in [0.29, 0.717) is 5.56 Å². The fourth-order valence-electron chi connectivity index (χ4n) is 3.78. The van der Waals surface area contributed by atoms with Crippen LogP contribution in [0.4, 0.5) is 0 Å². The molecule has 1 fully saturated rings. The van der Waals surface area contributed by atoms with E-state index in [9.17, 15) is 18.3 Å². The number of carboxylic acid groups (broad SMARTS) is 1. The second-order valence-corrected chi connectivity index (χ2v) is 8.70. The standard InChI is InChI=1S/C20H22O5S/c1-3-14-9-11-15(12-10-14)17-18(20(17,13-25-2)19(21)22)26(23,24)16-7-5-4-6-8-16/h4-12,17-18H,3,13H2,1-2H3,(H,21,22). The lowest BCUT2D eigenvalue weighted by molar-refractivity contribution is -0.145. The number of benzene rings is 2. The van der Waals surface area contributed by atoms with Crippen LogP contribution in [-0.4, -0.2) is 38.5 Å². The lowest BCUT2D eigenvalue weighted by Crippen LogP contribution is -2.28. The van der Waals surface area contributed by atoms with Crippen molar-refractivity contribution in [2.45, 2.75) is 29.4 Å². The predicted molar refractivity (Wildman–Crippen MR) is 97.9 cm³/mol. The monoisotopic (exact) mass is 374 g/mol. The molecule has 0 bridgehead atoms. The molecule has 1 aliphatic carbocycles. The van der Waals surface area contributed by atoms with Crippen LogP contribution >= 0.6 is 0 Å². The molecule has 0 saturated heterocycles. The van der Waals surface area contributed by atoms with Crippen molar-refractivity contribution < 1.29 is 23.1 Å². The van der Waals surface area contributed by atoms with Crippen LogP contribution < -0.4 is 0 Å². The third-order valence-electron chi connectivity index (χ3n) is 5.19. The molecule has 0 aromatic heterocycles. The van der Waals surface area contributed by atoms with Crippen molar-refractivity contribution in [1.29, 1.82) is 0 Å². The number of methoxy groups -OCH3 is 1.